The van der Waals surface area contributed by atoms with Crippen molar-refractivity contribution < 1.29 is 19.5 Å². The summed E-state index contributed by atoms with van der Waals surface area (Å²) in [4.78, 5) is 34.7. The molecule has 1 rings (SSSR count). The van der Waals surface area contributed by atoms with Gasteiger partial charge in [-0.15, -0.1) is 0 Å². The van der Waals surface area contributed by atoms with Gasteiger partial charge in [-0.3, -0.25) is 9.59 Å². The molecule has 0 radical (unpaired) electrons. The largest absolute Gasteiger partial charge is 0.480 e. The third-order valence-electron chi connectivity index (χ3n) is 3.67. The number of carbonyl (C=O) groups excluding carboxylic acids is 2. The smallest absolute Gasteiger partial charge is 0.329 e. The van der Waals surface area contributed by atoms with E-state index in [1.165, 1.54) is 0 Å². The summed E-state index contributed by atoms with van der Waals surface area (Å²) in [6, 6.07) is 0. The molecule has 6 nitrogen and oxygen atoms in total. The Kier molecular flexibility index (Phi) is 6.48. The number of rotatable bonds is 6. The van der Waals surface area contributed by atoms with Crippen molar-refractivity contribution in [3.63, 3.8) is 0 Å². The van der Waals surface area contributed by atoms with Crippen molar-refractivity contribution in [1.29, 1.82) is 0 Å². The molecular formula is C14H24N2O4. The van der Waals surface area contributed by atoms with Crippen molar-refractivity contribution in [3.8, 4) is 0 Å². The quantitative estimate of drug-likeness (QED) is 0.639. The Morgan fingerprint density at radius 1 is 1.05 bits per heavy atom. The van der Waals surface area contributed by atoms with Gasteiger partial charge in [-0.1, -0.05) is 32.6 Å². The molecule has 1 saturated carbocycles. The minimum Gasteiger partial charge on any atom is -0.480 e. The number of carbonyl (C=O) groups is 3. The topological polar surface area (TPSA) is 95.5 Å². The van der Waals surface area contributed by atoms with Crippen molar-refractivity contribution in [3.05, 3.63) is 0 Å². The van der Waals surface area contributed by atoms with Crippen LogP contribution >= 0.6 is 0 Å². The molecule has 0 saturated heterocycles. The summed E-state index contributed by atoms with van der Waals surface area (Å²) >= 11 is 0. The number of hydrogen-bond donors (Lipinski definition) is 3. The fourth-order valence-corrected chi connectivity index (χ4v) is 2.53. The lowest BCUT2D eigenvalue weighted by Gasteiger charge is -2.29. The van der Waals surface area contributed by atoms with E-state index in [9.17, 15) is 19.5 Å². The first-order chi connectivity index (χ1) is 9.50. The Bertz CT molecular complexity index is 360. The number of aliphatic carboxylic acids is 1. The van der Waals surface area contributed by atoms with Crippen LogP contribution in [0.15, 0.2) is 0 Å². The van der Waals surface area contributed by atoms with E-state index in [-0.39, 0.29) is 12.5 Å². The van der Waals surface area contributed by atoms with Gasteiger partial charge in [0, 0.05) is 6.42 Å². The Morgan fingerprint density at radius 2 is 1.65 bits per heavy atom. The van der Waals surface area contributed by atoms with E-state index in [4.69, 9.17) is 0 Å². The molecule has 114 valence electrons. The maximum atomic E-state index is 11.9. The lowest BCUT2D eigenvalue weighted by atomic mass is 9.90. The molecule has 0 spiro atoms. The predicted octanol–water partition coefficient (Wildman–Crippen LogP) is 1.20. The van der Waals surface area contributed by atoms with Gasteiger partial charge in [-0.25, -0.2) is 4.79 Å². The van der Waals surface area contributed by atoms with Crippen LogP contribution in [-0.4, -0.2) is 35.0 Å². The second kappa shape index (κ2) is 7.87. The summed E-state index contributed by atoms with van der Waals surface area (Å²) in [7, 11) is 0. The molecule has 20 heavy (non-hydrogen) atoms. The molecule has 0 aromatic carbocycles. The van der Waals surface area contributed by atoms with Crippen LogP contribution in [0, 0.1) is 0 Å². The zero-order chi connectivity index (χ0) is 15.0. The van der Waals surface area contributed by atoms with E-state index in [1.807, 2.05) is 6.92 Å². The highest BCUT2D eigenvalue weighted by Crippen LogP contribution is 2.27. The summed E-state index contributed by atoms with van der Waals surface area (Å²) < 4.78 is 0. The molecule has 6 heteroatoms. The van der Waals surface area contributed by atoms with Crippen molar-refractivity contribution in [1.82, 2.24) is 10.6 Å². The molecular weight excluding hydrogens is 260 g/mol. The van der Waals surface area contributed by atoms with E-state index < -0.39 is 17.4 Å². The number of carboxylic acid groups (broad SMARTS) is 1. The zero-order valence-corrected chi connectivity index (χ0v) is 12.0. The average molecular weight is 284 g/mol. The van der Waals surface area contributed by atoms with Crippen LogP contribution in [0.2, 0.25) is 0 Å². The monoisotopic (exact) mass is 284 g/mol. The number of nitrogens with one attached hydrogen (secondary N) is 2. The molecule has 1 fully saturated rings. The first-order valence-corrected chi connectivity index (χ1v) is 7.31. The second-order valence-corrected chi connectivity index (χ2v) is 5.38. The van der Waals surface area contributed by atoms with Crippen molar-refractivity contribution in [2.45, 2.75) is 63.8 Å². The minimum atomic E-state index is -1.16. The maximum absolute atomic E-state index is 11.9. The van der Waals surface area contributed by atoms with Gasteiger partial charge in [-0.05, 0) is 19.3 Å². The van der Waals surface area contributed by atoms with Crippen molar-refractivity contribution in [2.24, 2.45) is 0 Å². The van der Waals surface area contributed by atoms with E-state index in [0.29, 0.717) is 25.7 Å². The van der Waals surface area contributed by atoms with Crippen LogP contribution in [0.1, 0.15) is 58.3 Å². The van der Waals surface area contributed by atoms with Crippen molar-refractivity contribution >= 4 is 17.8 Å². The number of amides is 2. The van der Waals surface area contributed by atoms with E-state index in [2.05, 4.69) is 10.6 Å². The van der Waals surface area contributed by atoms with Crippen LogP contribution in [0.3, 0.4) is 0 Å². The molecule has 0 heterocycles. The highest BCUT2D eigenvalue weighted by Gasteiger charge is 2.39. The van der Waals surface area contributed by atoms with E-state index in [1.54, 1.807) is 0 Å². The Hall–Kier alpha value is -1.59. The first kappa shape index (κ1) is 16.5. The molecule has 0 aromatic rings. The summed E-state index contributed by atoms with van der Waals surface area (Å²) in [6.45, 7) is 1.72. The number of hydrogen-bond acceptors (Lipinski definition) is 3. The molecule has 0 atom stereocenters. The molecule has 0 aliphatic heterocycles. The lowest BCUT2D eigenvalue weighted by Crippen LogP contribution is -2.56. The fraction of sp³-hybridized carbons (Fsp3) is 0.786. The summed E-state index contributed by atoms with van der Waals surface area (Å²) in [5.74, 6) is -1.60. The molecule has 0 unspecified atom stereocenters. The van der Waals surface area contributed by atoms with Crippen LogP contribution in [0.4, 0.5) is 0 Å². The Labute approximate surface area is 119 Å². The highest BCUT2D eigenvalue weighted by molar-refractivity contribution is 5.90. The van der Waals surface area contributed by atoms with Crippen LogP contribution in [0.25, 0.3) is 0 Å². The Morgan fingerprint density at radius 3 is 2.15 bits per heavy atom. The van der Waals surface area contributed by atoms with Gasteiger partial charge in [-0.2, -0.15) is 0 Å². The third kappa shape index (κ3) is 4.83. The third-order valence-corrected chi connectivity index (χ3v) is 3.67. The summed E-state index contributed by atoms with van der Waals surface area (Å²) in [5.41, 5.74) is -1.16. The fourth-order valence-electron chi connectivity index (χ4n) is 2.53. The lowest BCUT2D eigenvalue weighted by molar-refractivity contribution is -0.148. The zero-order valence-electron chi connectivity index (χ0n) is 12.0. The molecule has 1 aliphatic rings. The van der Waals surface area contributed by atoms with Gasteiger partial charge in [0.25, 0.3) is 0 Å². The highest BCUT2D eigenvalue weighted by atomic mass is 16.4. The van der Waals surface area contributed by atoms with Gasteiger partial charge >= 0.3 is 5.97 Å². The van der Waals surface area contributed by atoms with E-state index >= 15 is 0 Å². The van der Waals surface area contributed by atoms with Gasteiger partial charge in [0.1, 0.15) is 5.54 Å². The second-order valence-electron chi connectivity index (χ2n) is 5.38. The predicted molar refractivity (Wildman–Crippen MR) is 74.1 cm³/mol. The summed E-state index contributed by atoms with van der Waals surface area (Å²) in [5, 5.41) is 14.5. The van der Waals surface area contributed by atoms with Crippen LogP contribution in [0.5, 0.6) is 0 Å². The van der Waals surface area contributed by atoms with Crippen LogP contribution in [-0.2, 0) is 14.4 Å². The van der Waals surface area contributed by atoms with Gasteiger partial charge in [0.05, 0.1) is 6.54 Å². The molecule has 2 amide bonds. The molecule has 0 aromatic heterocycles. The Balaban J connectivity index is 2.54. The standard InChI is InChI=1S/C14H24N2O4/c1-2-7-11(17)15-10-12(18)16-14(13(19)20)8-5-3-4-6-9-14/h2-10H2,1H3,(H,15,17)(H,16,18)(H,19,20). The SMILES string of the molecule is CCCC(=O)NCC(=O)NC1(C(=O)O)CCCCCC1. The summed E-state index contributed by atoms with van der Waals surface area (Å²) in [6.07, 6.45) is 5.59. The van der Waals surface area contributed by atoms with E-state index in [0.717, 1.165) is 25.7 Å². The minimum absolute atomic E-state index is 0.159. The van der Waals surface area contributed by atoms with Gasteiger partial charge < -0.3 is 15.7 Å². The van der Waals surface area contributed by atoms with Crippen LogP contribution < -0.4 is 10.6 Å². The molecule has 1 aliphatic carbocycles. The normalized spacial score (nSPS) is 17.9. The van der Waals surface area contributed by atoms with Crippen molar-refractivity contribution in [2.75, 3.05) is 6.54 Å². The van der Waals surface area contributed by atoms with Gasteiger partial charge in [0.2, 0.25) is 11.8 Å². The van der Waals surface area contributed by atoms with Gasteiger partial charge in [0.15, 0.2) is 0 Å². The average Bonchev–Trinajstić information content (AvgIpc) is 2.63. The first-order valence-electron chi connectivity index (χ1n) is 7.31. The molecule has 3 N–H and O–H groups in total. The molecule has 0 bridgehead atoms. The maximum Gasteiger partial charge on any atom is 0.329 e. The number of carboxylic acids is 1.